The van der Waals surface area contributed by atoms with Crippen molar-refractivity contribution in [3.8, 4) is 0 Å². The number of carbonyl (C=O) groups is 1. The van der Waals surface area contributed by atoms with Gasteiger partial charge in [-0.25, -0.2) is 0 Å². The number of amides is 1. The summed E-state index contributed by atoms with van der Waals surface area (Å²) in [5.41, 5.74) is 8.35. The van der Waals surface area contributed by atoms with Crippen molar-refractivity contribution in [2.24, 2.45) is 5.73 Å². The molecule has 1 aromatic carbocycles. The van der Waals surface area contributed by atoms with E-state index < -0.39 is 6.04 Å². The number of hydrogen-bond acceptors (Lipinski definition) is 3. The molecule has 0 aliphatic carbocycles. The highest BCUT2D eigenvalue weighted by atomic mass is 35.5. The Hall–Kier alpha value is -1.36. The van der Waals surface area contributed by atoms with Gasteiger partial charge in [-0.15, -0.1) is 23.7 Å². The fourth-order valence-corrected chi connectivity index (χ4v) is 3.06. The van der Waals surface area contributed by atoms with Crippen LogP contribution in [0, 0.1) is 6.92 Å². The summed E-state index contributed by atoms with van der Waals surface area (Å²) in [7, 11) is 1.81. The van der Waals surface area contributed by atoms with Gasteiger partial charge in [-0.2, -0.15) is 0 Å². The minimum absolute atomic E-state index is 0. The van der Waals surface area contributed by atoms with Crippen molar-refractivity contribution in [1.82, 2.24) is 4.90 Å². The Bertz CT molecular complexity index is 571. The highest BCUT2D eigenvalue weighted by Gasteiger charge is 2.19. The van der Waals surface area contributed by atoms with Gasteiger partial charge in [0, 0.05) is 11.9 Å². The van der Waals surface area contributed by atoms with E-state index in [1.54, 1.807) is 16.2 Å². The van der Waals surface area contributed by atoms with Crippen LogP contribution in [0.5, 0.6) is 0 Å². The molecule has 1 atom stereocenters. The topological polar surface area (TPSA) is 46.3 Å². The largest absolute Gasteiger partial charge is 0.339 e. The number of rotatable bonds is 5. The minimum Gasteiger partial charge on any atom is -0.339 e. The molecule has 2 N–H and O–H groups in total. The summed E-state index contributed by atoms with van der Waals surface area (Å²) in [5, 5.41) is 2.05. The molecule has 1 heterocycles. The first-order valence-corrected chi connectivity index (χ1v) is 7.53. The number of carbonyl (C=O) groups excluding carboxylic acids is 1. The molecule has 0 bridgehead atoms. The van der Waals surface area contributed by atoms with Crippen LogP contribution >= 0.6 is 23.7 Å². The molecule has 0 saturated carbocycles. The van der Waals surface area contributed by atoms with Crippen LogP contribution in [0.25, 0.3) is 0 Å². The maximum Gasteiger partial charge on any atom is 0.239 e. The Morgan fingerprint density at radius 3 is 2.52 bits per heavy atom. The second kappa shape index (κ2) is 8.17. The van der Waals surface area contributed by atoms with Gasteiger partial charge in [0.15, 0.2) is 0 Å². The van der Waals surface area contributed by atoms with Gasteiger partial charge >= 0.3 is 0 Å². The first-order chi connectivity index (χ1) is 9.58. The van der Waals surface area contributed by atoms with Gasteiger partial charge in [0.2, 0.25) is 5.91 Å². The Labute approximate surface area is 136 Å². The maximum atomic E-state index is 12.3. The summed E-state index contributed by atoms with van der Waals surface area (Å²) in [4.78, 5) is 15.2. The molecule has 0 spiro atoms. The summed E-state index contributed by atoms with van der Waals surface area (Å²) in [6.45, 7) is 2.69. The molecule has 1 aromatic heterocycles. The summed E-state index contributed by atoms with van der Waals surface area (Å²) < 4.78 is 0. The number of nitrogens with two attached hydrogens (primary N) is 1. The molecular formula is C16H21ClN2OS. The van der Waals surface area contributed by atoms with Crippen molar-refractivity contribution in [2.75, 3.05) is 7.05 Å². The van der Waals surface area contributed by atoms with Crippen molar-refractivity contribution >= 4 is 29.7 Å². The van der Waals surface area contributed by atoms with Crippen LogP contribution in [0.4, 0.5) is 0 Å². The first kappa shape index (κ1) is 17.7. The average Bonchev–Trinajstić information content (AvgIpc) is 2.84. The summed E-state index contributed by atoms with van der Waals surface area (Å²) in [5.74, 6) is -0.0124. The molecule has 0 radical (unpaired) electrons. The molecule has 1 amide bonds. The SMILES string of the molecule is Cc1ccsc1CN(C)C(=O)[C@@H](N)Cc1ccccc1.Cl. The van der Waals surface area contributed by atoms with Crippen molar-refractivity contribution in [1.29, 1.82) is 0 Å². The quantitative estimate of drug-likeness (QED) is 0.919. The molecule has 0 unspecified atom stereocenters. The second-order valence-electron chi connectivity index (χ2n) is 5.02. The molecule has 2 aromatic rings. The van der Waals surface area contributed by atoms with E-state index >= 15 is 0 Å². The zero-order valence-corrected chi connectivity index (χ0v) is 13.9. The van der Waals surface area contributed by atoms with Crippen LogP contribution in [0.1, 0.15) is 16.0 Å². The summed E-state index contributed by atoms with van der Waals surface area (Å²) in [6, 6.07) is 11.5. The van der Waals surface area contributed by atoms with Crippen LogP contribution in [-0.2, 0) is 17.8 Å². The van der Waals surface area contributed by atoms with E-state index in [1.807, 2.05) is 42.8 Å². The number of nitrogens with zero attached hydrogens (tertiary/aromatic N) is 1. The Morgan fingerprint density at radius 2 is 1.95 bits per heavy atom. The molecule has 21 heavy (non-hydrogen) atoms. The van der Waals surface area contributed by atoms with Gasteiger partial charge in [0.25, 0.3) is 0 Å². The molecule has 0 fully saturated rings. The lowest BCUT2D eigenvalue weighted by atomic mass is 10.1. The van der Waals surface area contributed by atoms with Crippen molar-refractivity contribution in [3.63, 3.8) is 0 Å². The maximum absolute atomic E-state index is 12.3. The smallest absolute Gasteiger partial charge is 0.239 e. The van der Waals surface area contributed by atoms with Crippen molar-refractivity contribution < 1.29 is 4.79 Å². The van der Waals surface area contributed by atoms with Crippen LogP contribution in [0.3, 0.4) is 0 Å². The number of halogens is 1. The predicted octanol–water partition coefficient (Wildman–Crippen LogP) is 3.01. The molecule has 0 aliphatic rings. The number of aryl methyl sites for hydroxylation is 1. The van der Waals surface area contributed by atoms with Crippen LogP contribution in [0.2, 0.25) is 0 Å². The molecule has 5 heteroatoms. The van der Waals surface area contributed by atoms with E-state index in [0.29, 0.717) is 13.0 Å². The standard InChI is InChI=1S/C16H20N2OS.ClH/c1-12-8-9-20-15(12)11-18(2)16(19)14(17)10-13-6-4-3-5-7-13;/h3-9,14H,10-11,17H2,1-2H3;1H/t14-;/m0./s1. The number of thiophene rings is 1. The van der Waals surface area contributed by atoms with Gasteiger partial charge in [0.05, 0.1) is 12.6 Å². The fraction of sp³-hybridized carbons (Fsp3) is 0.312. The second-order valence-corrected chi connectivity index (χ2v) is 6.02. The van der Waals surface area contributed by atoms with Gasteiger partial charge < -0.3 is 10.6 Å². The van der Waals surface area contributed by atoms with E-state index in [-0.39, 0.29) is 18.3 Å². The van der Waals surface area contributed by atoms with E-state index in [0.717, 1.165) is 5.56 Å². The molecule has 114 valence electrons. The Balaban J connectivity index is 0.00000220. The fourth-order valence-electron chi connectivity index (χ4n) is 2.10. The highest BCUT2D eigenvalue weighted by Crippen LogP contribution is 2.17. The van der Waals surface area contributed by atoms with Crippen LogP contribution in [-0.4, -0.2) is 23.9 Å². The van der Waals surface area contributed by atoms with Crippen LogP contribution < -0.4 is 5.73 Å². The third-order valence-electron chi connectivity index (χ3n) is 3.34. The minimum atomic E-state index is -0.484. The molecule has 3 nitrogen and oxygen atoms in total. The van der Waals surface area contributed by atoms with E-state index in [9.17, 15) is 4.79 Å². The first-order valence-electron chi connectivity index (χ1n) is 6.65. The van der Waals surface area contributed by atoms with Crippen molar-refractivity contribution in [2.45, 2.75) is 25.9 Å². The molecule has 0 saturated heterocycles. The summed E-state index contributed by atoms with van der Waals surface area (Å²) >= 11 is 1.68. The zero-order valence-electron chi connectivity index (χ0n) is 12.3. The van der Waals surface area contributed by atoms with E-state index in [2.05, 4.69) is 13.0 Å². The highest BCUT2D eigenvalue weighted by molar-refractivity contribution is 7.10. The number of benzene rings is 1. The predicted molar refractivity (Wildman–Crippen MR) is 90.9 cm³/mol. The lowest BCUT2D eigenvalue weighted by Gasteiger charge is -2.21. The number of likely N-dealkylation sites (N-methyl/N-ethyl adjacent to an activating group) is 1. The summed E-state index contributed by atoms with van der Waals surface area (Å²) in [6.07, 6.45) is 0.577. The average molecular weight is 325 g/mol. The normalized spacial score (nSPS) is 11.6. The Kier molecular flexibility index (Phi) is 6.89. The molecule has 2 rings (SSSR count). The third-order valence-corrected chi connectivity index (χ3v) is 4.35. The lowest BCUT2D eigenvalue weighted by molar-refractivity contribution is -0.131. The van der Waals surface area contributed by atoms with E-state index in [4.69, 9.17) is 5.73 Å². The molecule has 0 aliphatic heterocycles. The third kappa shape index (κ3) is 4.84. The monoisotopic (exact) mass is 324 g/mol. The van der Waals surface area contributed by atoms with Gasteiger partial charge in [-0.05, 0) is 35.9 Å². The van der Waals surface area contributed by atoms with Crippen molar-refractivity contribution in [3.05, 3.63) is 57.8 Å². The number of hydrogen-bond donors (Lipinski definition) is 1. The molecular weight excluding hydrogens is 304 g/mol. The van der Waals surface area contributed by atoms with Gasteiger partial charge in [-0.1, -0.05) is 30.3 Å². The zero-order chi connectivity index (χ0) is 14.5. The van der Waals surface area contributed by atoms with E-state index in [1.165, 1.54) is 10.4 Å². The Morgan fingerprint density at radius 1 is 1.29 bits per heavy atom. The van der Waals surface area contributed by atoms with Gasteiger partial charge in [0.1, 0.15) is 0 Å². The lowest BCUT2D eigenvalue weighted by Crippen LogP contribution is -2.42. The van der Waals surface area contributed by atoms with Gasteiger partial charge in [-0.3, -0.25) is 4.79 Å². The van der Waals surface area contributed by atoms with Crippen LogP contribution in [0.15, 0.2) is 41.8 Å².